The molecular formula is C27H24N2O4. The highest BCUT2D eigenvalue weighted by Crippen LogP contribution is 2.28. The van der Waals surface area contributed by atoms with Crippen LogP contribution in [0.25, 0.3) is 22.3 Å². The van der Waals surface area contributed by atoms with Gasteiger partial charge in [0.1, 0.15) is 5.76 Å². The molecule has 0 unspecified atom stereocenters. The van der Waals surface area contributed by atoms with Crippen LogP contribution >= 0.6 is 0 Å². The van der Waals surface area contributed by atoms with Crippen molar-refractivity contribution in [1.29, 1.82) is 0 Å². The summed E-state index contributed by atoms with van der Waals surface area (Å²) in [4.78, 5) is 39.6. The molecular weight excluding hydrogens is 416 g/mol. The van der Waals surface area contributed by atoms with Crippen LogP contribution in [-0.4, -0.2) is 23.8 Å². The number of amides is 2. The minimum Gasteiger partial charge on any atom is -0.455 e. The summed E-state index contributed by atoms with van der Waals surface area (Å²) in [5.41, 5.74) is 2.97. The Labute approximate surface area is 191 Å². The number of nitrogens with one attached hydrogen (secondary N) is 1. The summed E-state index contributed by atoms with van der Waals surface area (Å²) in [7, 11) is 1.70. The number of carbonyl (C=O) groups excluding carboxylic acids is 2. The minimum absolute atomic E-state index is 0.0734. The fourth-order valence-corrected chi connectivity index (χ4v) is 3.69. The van der Waals surface area contributed by atoms with Gasteiger partial charge in [-0.2, -0.15) is 0 Å². The van der Waals surface area contributed by atoms with E-state index in [0.29, 0.717) is 28.9 Å². The fourth-order valence-electron chi connectivity index (χ4n) is 3.69. The molecule has 4 aromatic rings. The number of para-hydroxylation sites is 2. The number of benzene rings is 3. The Balaban J connectivity index is 1.77. The van der Waals surface area contributed by atoms with Gasteiger partial charge in [0.15, 0.2) is 11.0 Å². The maximum absolute atomic E-state index is 13.3. The van der Waals surface area contributed by atoms with Gasteiger partial charge in [0.2, 0.25) is 5.91 Å². The lowest BCUT2D eigenvalue weighted by Gasteiger charge is -2.18. The maximum Gasteiger partial charge on any atom is 0.259 e. The predicted molar refractivity (Wildman–Crippen MR) is 129 cm³/mol. The first-order valence-corrected chi connectivity index (χ1v) is 10.6. The van der Waals surface area contributed by atoms with Gasteiger partial charge in [-0.1, -0.05) is 54.6 Å². The second-order valence-corrected chi connectivity index (χ2v) is 7.92. The van der Waals surface area contributed by atoms with Crippen molar-refractivity contribution in [2.24, 2.45) is 0 Å². The molecule has 6 nitrogen and oxygen atoms in total. The van der Waals surface area contributed by atoms with E-state index in [0.717, 1.165) is 11.1 Å². The van der Waals surface area contributed by atoms with Crippen LogP contribution in [0.1, 0.15) is 28.4 Å². The van der Waals surface area contributed by atoms with Gasteiger partial charge in [0.05, 0.1) is 10.9 Å². The van der Waals surface area contributed by atoms with Crippen molar-refractivity contribution >= 4 is 28.5 Å². The van der Waals surface area contributed by atoms with Gasteiger partial charge in [-0.25, -0.2) is 0 Å². The Bertz CT molecular complexity index is 1410. The van der Waals surface area contributed by atoms with Gasteiger partial charge < -0.3 is 14.6 Å². The molecule has 2 amide bonds. The van der Waals surface area contributed by atoms with E-state index in [-0.39, 0.29) is 22.5 Å². The van der Waals surface area contributed by atoms with Crippen LogP contribution in [-0.2, 0) is 11.3 Å². The summed E-state index contributed by atoms with van der Waals surface area (Å²) in [6.07, 6.45) is 0. The second-order valence-electron chi connectivity index (χ2n) is 7.92. The SMILES string of the molecule is CC(=O)N(C)Cc1ccccc1NC(=O)c1cccc2c(=O)c(C)c(-c3ccccc3)oc12. The molecule has 0 fully saturated rings. The highest BCUT2D eigenvalue weighted by atomic mass is 16.3. The largest absolute Gasteiger partial charge is 0.455 e. The molecule has 0 bridgehead atoms. The average Bonchev–Trinajstić information content (AvgIpc) is 2.82. The molecule has 0 aliphatic rings. The fraction of sp³-hybridized carbons (Fsp3) is 0.148. The van der Waals surface area contributed by atoms with E-state index >= 15 is 0 Å². The van der Waals surface area contributed by atoms with Gasteiger partial charge in [-0.3, -0.25) is 14.4 Å². The van der Waals surface area contributed by atoms with Crippen molar-refractivity contribution in [2.75, 3.05) is 12.4 Å². The minimum atomic E-state index is -0.399. The first-order chi connectivity index (χ1) is 15.9. The van der Waals surface area contributed by atoms with Crippen LogP contribution in [0.2, 0.25) is 0 Å². The Hall–Kier alpha value is -4.19. The molecule has 0 saturated heterocycles. The number of hydrogen-bond donors (Lipinski definition) is 1. The first kappa shape index (κ1) is 22.0. The van der Waals surface area contributed by atoms with Crippen molar-refractivity contribution in [2.45, 2.75) is 20.4 Å². The molecule has 0 aliphatic heterocycles. The smallest absolute Gasteiger partial charge is 0.259 e. The van der Waals surface area contributed by atoms with Crippen LogP contribution in [0.15, 0.2) is 82.0 Å². The molecule has 0 atom stereocenters. The number of hydrogen-bond acceptors (Lipinski definition) is 4. The third kappa shape index (κ3) is 4.41. The summed E-state index contributed by atoms with van der Waals surface area (Å²) in [5, 5.41) is 3.27. The van der Waals surface area contributed by atoms with E-state index in [1.165, 1.54) is 6.92 Å². The number of rotatable bonds is 5. The molecule has 0 spiro atoms. The van der Waals surface area contributed by atoms with Gasteiger partial charge >= 0.3 is 0 Å². The topological polar surface area (TPSA) is 79.6 Å². The van der Waals surface area contributed by atoms with Crippen LogP contribution in [0.5, 0.6) is 0 Å². The standard InChI is InChI=1S/C27H24N2O4/c1-17-24(31)21-13-9-14-22(26(21)33-25(17)19-10-5-4-6-11-19)27(32)28-23-15-8-7-12-20(23)16-29(3)18(2)30/h4-15H,16H2,1-3H3,(H,28,32). The Morgan fingerprint density at radius 1 is 0.939 bits per heavy atom. The highest BCUT2D eigenvalue weighted by molar-refractivity contribution is 6.11. The summed E-state index contributed by atoms with van der Waals surface area (Å²) in [6, 6.07) is 21.6. The normalized spacial score (nSPS) is 10.8. The van der Waals surface area contributed by atoms with Crippen LogP contribution in [0.3, 0.4) is 0 Å². The molecule has 0 saturated carbocycles. The van der Waals surface area contributed by atoms with E-state index in [9.17, 15) is 14.4 Å². The first-order valence-electron chi connectivity index (χ1n) is 10.6. The molecule has 0 radical (unpaired) electrons. The number of anilines is 1. The van der Waals surface area contributed by atoms with Crippen molar-refractivity contribution < 1.29 is 14.0 Å². The van der Waals surface area contributed by atoms with E-state index in [1.807, 2.05) is 48.5 Å². The van der Waals surface area contributed by atoms with Crippen molar-refractivity contribution in [3.05, 3.63) is 99.7 Å². The molecule has 6 heteroatoms. The predicted octanol–water partition coefficient (Wildman–Crippen LogP) is 5.00. The van der Waals surface area contributed by atoms with Crippen LogP contribution in [0.4, 0.5) is 5.69 Å². The monoisotopic (exact) mass is 440 g/mol. The molecule has 0 aliphatic carbocycles. The van der Waals surface area contributed by atoms with E-state index in [1.54, 1.807) is 43.1 Å². The Morgan fingerprint density at radius 2 is 1.64 bits per heavy atom. The van der Waals surface area contributed by atoms with Gasteiger partial charge in [0.25, 0.3) is 5.91 Å². The maximum atomic E-state index is 13.3. The van der Waals surface area contributed by atoms with Crippen LogP contribution in [0, 0.1) is 6.92 Å². The van der Waals surface area contributed by atoms with E-state index < -0.39 is 5.91 Å². The van der Waals surface area contributed by atoms with E-state index in [2.05, 4.69) is 5.32 Å². The molecule has 33 heavy (non-hydrogen) atoms. The summed E-state index contributed by atoms with van der Waals surface area (Å²) >= 11 is 0. The summed E-state index contributed by atoms with van der Waals surface area (Å²) < 4.78 is 6.16. The van der Waals surface area contributed by atoms with Crippen molar-refractivity contribution in [3.63, 3.8) is 0 Å². The zero-order valence-corrected chi connectivity index (χ0v) is 18.7. The third-order valence-corrected chi connectivity index (χ3v) is 5.64. The Kier molecular flexibility index (Phi) is 6.09. The van der Waals surface area contributed by atoms with Crippen molar-refractivity contribution in [3.8, 4) is 11.3 Å². The second kappa shape index (κ2) is 9.12. The average molecular weight is 440 g/mol. The summed E-state index contributed by atoms with van der Waals surface area (Å²) in [5.74, 6) is -0.0304. The lowest BCUT2D eigenvalue weighted by atomic mass is 10.0. The summed E-state index contributed by atoms with van der Waals surface area (Å²) in [6.45, 7) is 3.57. The molecule has 1 N–H and O–H groups in total. The zero-order chi connectivity index (χ0) is 23.5. The zero-order valence-electron chi connectivity index (χ0n) is 18.7. The Morgan fingerprint density at radius 3 is 2.36 bits per heavy atom. The van der Waals surface area contributed by atoms with Crippen LogP contribution < -0.4 is 10.7 Å². The molecule has 4 rings (SSSR count). The third-order valence-electron chi connectivity index (χ3n) is 5.64. The lowest BCUT2D eigenvalue weighted by Crippen LogP contribution is -2.24. The molecule has 166 valence electrons. The number of carbonyl (C=O) groups is 2. The highest BCUT2D eigenvalue weighted by Gasteiger charge is 2.19. The molecule has 1 aromatic heterocycles. The molecule has 3 aromatic carbocycles. The van der Waals surface area contributed by atoms with E-state index in [4.69, 9.17) is 4.42 Å². The number of nitrogens with zero attached hydrogens (tertiary/aromatic N) is 1. The van der Waals surface area contributed by atoms with Crippen molar-refractivity contribution in [1.82, 2.24) is 4.90 Å². The molecule has 1 heterocycles. The number of fused-ring (bicyclic) bond motifs is 1. The lowest BCUT2D eigenvalue weighted by molar-refractivity contribution is -0.128. The quantitative estimate of drug-likeness (QED) is 0.474. The van der Waals surface area contributed by atoms with Gasteiger partial charge in [-0.05, 0) is 30.7 Å². The van der Waals surface area contributed by atoms with Gasteiger partial charge in [-0.15, -0.1) is 0 Å². The van der Waals surface area contributed by atoms with Gasteiger partial charge in [0, 0.05) is 37.3 Å².